The molecule has 0 amide bonds. The Hall–Kier alpha value is -2.75. The third-order valence-electron chi connectivity index (χ3n) is 3.25. The monoisotopic (exact) mass is 279 g/mol. The summed E-state index contributed by atoms with van der Waals surface area (Å²) < 4.78 is 5.69. The molecular formula is C17H17N3O. The number of ether oxygens (including phenoxy) is 1. The molecule has 4 nitrogen and oxygen atoms in total. The Morgan fingerprint density at radius 1 is 1.05 bits per heavy atom. The van der Waals surface area contributed by atoms with Gasteiger partial charge in [0.15, 0.2) is 0 Å². The van der Waals surface area contributed by atoms with Gasteiger partial charge in [-0.05, 0) is 37.3 Å². The number of aryl methyl sites for hydroxylation is 1. The van der Waals surface area contributed by atoms with Crippen molar-refractivity contribution in [3.63, 3.8) is 0 Å². The van der Waals surface area contributed by atoms with Gasteiger partial charge in [-0.1, -0.05) is 29.8 Å². The van der Waals surface area contributed by atoms with E-state index in [-0.39, 0.29) is 0 Å². The molecule has 3 N–H and O–H groups in total. The number of nitrogen functional groups attached to an aromatic ring is 1. The lowest BCUT2D eigenvalue weighted by Crippen LogP contribution is -1.95. The number of hydrogen-bond donors (Lipinski definition) is 2. The average Bonchev–Trinajstić information content (AvgIpc) is 2.96. The molecule has 0 unspecified atom stereocenters. The molecule has 0 bridgehead atoms. The summed E-state index contributed by atoms with van der Waals surface area (Å²) in [6, 6.07) is 17.6. The molecule has 1 aromatic heterocycles. The zero-order valence-electron chi connectivity index (χ0n) is 11.8. The molecule has 0 saturated heterocycles. The highest BCUT2D eigenvalue weighted by Crippen LogP contribution is 2.19. The first-order valence-electron chi connectivity index (χ1n) is 6.80. The fourth-order valence-electron chi connectivity index (χ4n) is 2.03. The average molecular weight is 279 g/mol. The lowest BCUT2D eigenvalue weighted by molar-refractivity contribution is 0.301. The predicted octanol–water partition coefficient (Wildman–Crippen LogP) is 3.55. The Labute approximate surface area is 123 Å². The summed E-state index contributed by atoms with van der Waals surface area (Å²) in [5.74, 6) is 0.788. The summed E-state index contributed by atoms with van der Waals surface area (Å²) in [6.45, 7) is 2.52. The van der Waals surface area contributed by atoms with Crippen LogP contribution in [0.3, 0.4) is 0 Å². The first-order chi connectivity index (χ1) is 10.2. The van der Waals surface area contributed by atoms with Crippen LogP contribution in [0.2, 0.25) is 0 Å². The zero-order valence-corrected chi connectivity index (χ0v) is 11.8. The van der Waals surface area contributed by atoms with E-state index in [0.29, 0.717) is 6.61 Å². The van der Waals surface area contributed by atoms with Crippen LogP contribution >= 0.6 is 0 Å². The molecule has 3 rings (SSSR count). The Bertz CT molecular complexity index is 715. The van der Waals surface area contributed by atoms with Gasteiger partial charge in [0, 0.05) is 11.3 Å². The highest BCUT2D eigenvalue weighted by Gasteiger charge is 2.04. The minimum Gasteiger partial charge on any atom is -0.487 e. The Balaban J connectivity index is 1.67. The van der Waals surface area contributed by atoms with Crippen LogP contribution in [0.25, 0.3) is 11.3 Å². The summed E-state index contributed by atoms with van der Waals surface area (Å²) in [6.07, 6.45) is 0. The quantitative estimate of drug-likeness (QED) is 0.718. The molecule has 4 heteroatoms. The minimum atomic E-state index is 0.447. The molecule has 0 aliphatic heterocycles. The standard InChI is InChI=1S/C17H17N3O/c1-12-2-4-13(5-3-12)17-10-15(19-20-17)11-21-16-8-6-14(18)7-9-16/h2-10H,11,18H2,1H3,(H,19,20). The van der Waals surface area contributed by atoms with E-state index < -0.39 is 0 Å². The van der Waals surface area contributed by atoms with E-state index in [2.05, 4.69) is 41.4 Å². The molecule has 106 valence electrons. The number of nitrogens with zero attached hydrogens (tertiary/aromatic N) is 1. The Morgan fingerprint density at radius 2 is 1.76 bits per heavy atom. The van der Waals surface area contributed by atoms with Gasteiger partial charge in [-0.25, -0.2) is 0 Å². The molecule has 0 aliphatic carbocycles. The van der Waals surface area contributed by atoms with Gasteiger partial charge < -0.3 is 10.5 Å². The van der Waals surface area contributed by atoms with Crippen molar-refractivity contribution in [2.75, 3.05) is 5.73 Å². The number of rotatable bonds is 4. The highest BCUT2D eigenvalue weighted by molar-refractivity contribution is 5.59. The van der Waals surface area contributed by atoms with Gasteiger partial charge in [-0.3, -0.25) is 5.10 Å². The van der Waals surface area contributed by atoms with Crippen LogP contribution in [0.5, 0.6) is 5.75 Å². The Morgan fingerprint density at radius 3 is 2.48 bits per heavy atom. The van der Waals surface area contributed by atoms with E-state index in [9.17, 15) is 0 Å². The van der Waals surface area contributed by atoms with Crippen molar-refractivity contribution in [2.45, 2.75) is 13.5 Å². The smallest absolute Gasteiger partial charge is 0.130 e. The van der Waals surface area contributed by atoms with Crippen molar-refractivity contribution in [2.24, 2.45) is 0 Å². The van der Waals surface area contributed by atoms with Crippen LogP contribution in [-0.2, 0) is 6.61 Å². The molecule has 0 fully saturated rings. The lowest BCUT2D eigenvalue weighted by atomic mass is 10.1. The number of hydrogen-bond acceptors (Lipinski definition) is 3. The van der Waals surface area contributed by atoms with Gasteiger partial charge in [-0.2, -0.15) is 5.10 Å². The first kappa shape index (κ1) is 13.2. The zero-order chi connectivity index (χ0) is 14.7. The van der Waals surface area contributed by atoms with Gasteiger partial charge in [0.25, 0.3) is 0 Å². The highest BCUT2D eigenvalue weighted by atomic mass is 16.5. The number of aromatic amines is 1. The second-order valence-electron chi connectivity index (χ2n) is 5.00. The van der Waals surface area contributed by atoms with E-state index in [1.54, 1.807) is 0 Å². The lowest BCUT2D eigenvalue weighted by Gasteiger charge is -2.04. The molecule has 2 aromatic carbocycles. The number of nitrogens with two attached hydrogens (primary N) is 1. The third-order valence-corrected chi connectivity index (χ3v) is 3.25. The normalized spacial score (nSPS) is 10.5. The number of nitrogens with one attached hydrogen (secondary N) is 1. The maximum Gasteiger partial charge on any atom is 0.130 e. The maximum atomic E-state index is 5.69. The van der Waals surface area contributed by atoms with Crippen molar-refractivity contribution < 1.29 is 4.74 Å². The number of aromatic nitrogens is 2. The van der Waals surface area contributed by atoms with Crippen molar-refractivity contribution in [1.29, 1.82) is 0 Å². The van der Waals surface area contributed by atoms with Gasteiger partial charge in [0.05, 0.1) is 11.4 Å². The molecule has 0 radical (unpaired) electrons. The molecule has 0 aliphatic rings. The summed E-state index contributed by atoms with van der Waals surface area (Å²) in [5, 5.41) is 7.32. The van der Waals surface area contributed by atoms with Crippen molar-refractivity contribution in [3.05, 3.63) is 65.9 Å². The van der Waals surface area contributed by atoms with E-state index >= 15 is 0 Å². The fourth-order valence-corrected chi connectivity index (χ4v) is 2.03. The first-order valence-corrected chi connectivity index (χ1v) is 6.80. The molecule has 1 heterocycles. The van der Waals surface area contributed by atoms with Crippen molar-refractivity contribution >= 4 is 5.69 Å². The van der Waals surface area contributed by atoms with Crippen LogP contribution < -0.4 is 10.5 Å². The largest absolute Gasteiger partial charge is 0.487 e. The molecule has 0 spiro atoms. The molecule has 0 saturated carbocycles. The topological polar surface area (TPSA) is 63.9 Å². The number of benzene rings is 2. The van der Waals surface area contributed by atoms with Crippen molar-refractivity contribution in [3.8, 4) is 17.0 Å². The molecule has 0 atom stereocenters. The SMILES string of the molecule is Cc1ccc(-c2cc(COc3ccc(N)cc3)[nH]n2)cc1. The van der Waals surface area contributed by atoms with Crippen LogP contribution in [0, 0.1) is 6.92 Å². The second-order valence-corrected chi connectivity index (χ2v) is 5.00. The summed E-state index contributed by atoms with van der Waals surface area (Å²) in [4.78, 5) is 0. The van der Waals surface area contributed by atoms with Gasteiger partial charge in [0.1, 0.15) is 12.4 Å². The molecule has 21 heavy (non-hydrogen) atoms. The van der Waals surface area contributed by atoms with Gasteiger partial charge >= 0.3 is 0 Å². The molecular weight excluding hydrogens is 262 g/mol. The second kappa shape index (κ2) is 5.71. The third kappa shape index (κ3) is 3.23. The number of anilines is 1. The van der Waals surface area contributed by atoms with Crippen molar-refractivity contribution in [1.82, 2.24) is 10.2 Å². The predicted molar refractivity (Wildman–Crippen MR) is 83.9 cm³/mol. The van der Waals surface area contributed by atoms with Gasteiger partial charge in [0.2, 0.25) is 0 Å². The summed E-state index contributed by atoms with van der Waals surface area (Å²) >= 11 is 0. The maximum absolute atomic E-state index is 5.69. The minimum absolute atomic E-state index is 0.447. The van der Waals surface area contributed by atoms with Gasteiger partial charge in [-0.15, -0.1) is 0 Å². The van der Waals surface area contributed by atoms with E-state index in [0.717, 1.165) is 28.4 Å². The van der Waals surface area contributed by atoms with Crippen LogP contribution in [0.4, 0.5) is 5.69 Å². The van der Waals surface area contributed by atoms with E-state index in [1.807, 2.05) is 30.3 Å². The van der Waals surface area contributed by atoms with E-state index in [4.69, 9.17) is 10.5 Å². The molecule has 3 aromatic rings. The summed E-state index contributed by atoms with van der Waals surface area (Å²) in [5.41, 5.74) is 10.6. The fraction of sp³-hybridized carbons (Fsp3) is 0.118. The summed E-state index contributed by atoms with van der Waals surface area (Å²) in [7, 11) is 0. The number of H-pyrrole nitrogens is 1. The van der Waals surface area contributed by atoms with E-state index in [1.165, 1.54) is 5.56 Å². The van der Waals surface area contributed by atoms with Crippen LogP contribution in [0.1, 0.15) is 11.3 Å². The van der Waals surface area contributed by atoms with Crippen LogP contribution in [-0.4, -0.2) is 10.2 Å². The van der Waals surface area contributed by atoms with Crippen LogP contribution in [0.15, 0.2) is 54.6 Å². The Kier molecular flexibility index (Phi) is 3.60.